The summed E-state index contributed by atoms with van der Waals surface area (Å²) in [6.45, 7) is 4.05. The van der Waals surface area contributed by atoms with Crippen LogP contribution in [0, 0.1) is 0 Å². The van der Waals surface area contributed by atoms with Crippen LogP contribution in [-0.4, -0.2) is 98.9 Å². The smallest absolute Gasteiger partial charge is 0.457 e. The van der Waals surface area contributed by atoms with E-state index in [0.29, 0.717) is 13.0 Å². The van der Waals surface area contributed by atoms with Gasteiger partial charge in [0, 0.05) is 13.0 Å². The topological polar surface area (TPSA) is 192 Å². The summed E-state index contributed by atoms with van der Waals surface area (Å²) in [5.74, 6) is -0.498. The Morgan fingerprint density at radius 1 is 0.516 bits per heavy atom. The number of phosphoric ester groups is 1. The van der Waals surface area contributed by atoms with E-state index in [1.807, 2.05) is 0 Å². The van der Waals surface area contributed by atoms with Gasteiger partial charge in [-0.05, 0) is 89.9 Å². The molecule has 1 aliphatic rings. The third-order valence-corrected chi connectivity index (χ3v) is 11.7. The van der Waals surface area contributed by atoms with Crippen molar-refractivity contribution in [2.24, 2.45) is 0 Å². The lowest BCUT2D eigenvalue weighted by molar-refractivity contribution is -0.220. The molecule has 6 N–H and O–H groups in total. The van der Waals surface area contributed by atoms with E-state index in [9.17, 15) is 39.8 Å². The quantitative estimate of drug-likeness (QED) is 0.0148. The van der Waals surface area contributed by atoms with Crippen LogP contribution in [0.1, 0.15) is 168 Å². The van der Waals surface area contributed by atoms with Gasteiger partial charge in [-0.2, -0.15) is 0 Å². The molecule has 13 heteroatoms. The van der Waals surface area contributed by atoms with E-state index in [2.05, 4.69) is 98.9 Å². The lowest BCUT2D eigenvalue weighted by Crippen LogP contribution is -2.64. The average Bonchev–Trinajstić information content (AvgIpc) is 3.28. The van der Waals surface area contributed by atoms with Crippen molar-refractivity contribution in [3.8, 4) is 0 Å². The predicted molar refractivity (Wildman–Crippen MR) is 258 cm³/mol. The minimum absolute atomic E-state index is 0.102. The normalized spacial score (nSPS) is 22.4. The highest BCUT2D eigenvalue weighted by atomic mass is 31.2. The van der Waals surface area contributed by atoms with Crippen molar-refractivity contribution in [1.82, 2.24) is 0 Å². The highest BCUT2D eigenvalue weighted by Crippen LogP contribution is 2.47. The van der Waals surface area contributed by atoms with Gasteiger partial charge < -0.3 is 39.9 Å². The fraction of sp³-hybridized carbons (Fsp3) is 0.706. The third kappa shape index (κ3) is 32.2. The van der Waals surface area contributed by atoms with Gasteiger partial charge in [0.1, 0.15) is 42.7 Å². The molecule has 0 aromatic rings. The zero-order valence-electron chi connectivity index (χ0n) is 39.3. The minimum atomic E-state index is -5.04. The molecule has 368 valence electrons. The molecule has 1 fully saturated rings. The summed E-state index contributed by atoms with van der Waals surface area (Å²) in [5.41, 5.74) is 0. The molecule has 12 nitrogen and oxygen atoms in total. The summed E-state index contributed by atoms with van der Waals surface area (Å²) in [4.78, 5) is 23.2. The van der Waals surface area contributed by atoms with E-state index in [1.54, 1.807) is 0 Å². The van der Waals surface area contributed by atoms with Crippen molar-refractivity contribution in [2.45, 2.75) is 211 Å². The summed E-state index contributed by atoms with van der Waals surface area (Å²) in [7, 11) is -5.04. The van der Waals surface area contributed by atoms with Gasteiger partial charge in [0.2, 0.25) is 0 Å². The van der Waals surface area contributed by atoms with Crippen molar-refractivity contribution in [3.63, 3.8) is 0 Å². The lowest BCUT2D eigenvalue weighted by Gasteiger charge is -2.41. The van der Waals surface area contributed by atoms with Gasteiger partial charge in [-0.1, -0.05) is 157 Å². The molecular formula is C51H87O12P. The van der Waals surface area contributed by atoms with Gasteiger partial charge >= 0.3 is 13.8 Å². The summed E-state index contributed by atoms with van der Waals surface area (Å²) < 4.78 is 34.2. The Balaban J connectivity index is 2.41. The number of esters is 1. The van der Waals surface area contributed by atoms with Crippen molar-refractivity contribution in [3.05, 3.63) is 85.1 Å². The largest absolute Gasteiger partial charge is 0.472 e. The number of phosphoric acid groups is 1. The number of hydrogen-bond acceptors (Lipinski definition) is 11. The molecular weight excluding hydrogens is 836 g/mol. The van der Waals surface area contributed by atoms with Crippen molar-refractivity contribution in [1.29, 1.82) is 0 Å². The van der Waals surface area contributed by atoms with E-state index in [0.717, 1.165) is 103 Å². The van der Waals surface area contributed by atoms with Crippen LogP contribution in [0.5, 0.6) is 0 Å². The first kappa shape index (κ1) is 59.5. The molecule has 0 aromatic heterocycles. The summed E-state index contributed by atoms with van der Waals surface area (Å²) in [5, 5.41) is 50.3. The molecule has 0 aromatic carbocycles. The SMILES string of the molecule is CC/C=C\C/C=C\C/C=C\C/C=C\C/C=C\CCCCCCOCC(COP(=O)(O)OC1C(O)C(O)C(O)C(O)C1O)OC(=O)CCCCCCCCC/C=C\C/C=C\CCCCC. The van der Waals surface area contributed by atoms with Crippen LogP contribution in [0.4, 0.5) is 0 Å². The second-order valence-corrected chi connectivity index (χ2v) is 18.0. The van der Waals surface area contributed by atoms with Gasteiger partial charge in [-0.25, -0.2) is 4.57 Å². The van der Waals surface area contributed by atoms with Crippen molar-refractivity contribution < 1.29 is 58.3 Å². The number of allylic oxidation sites excluding steroid dienone is 14. The predicted octanol–water partition coefficient (Wildman–Crippen LogP) is 10.5. The molecule has 1 saturated carbocycles. The lowest BCUT2D eigenvalue weighted by atomic mass is 9.85. The molecule has 1 aliphatic carbocycles. The summed E-state index contributed by atoms with van der Waals surface area (Å²) in [6, 6.07) is 0. The standard InChI is InChI=1S/C51H87O12P/c1-3-5-7-9-11-13-15-17-19-21-22-23-25-27-29-31-33-35-37-39-41-60-42-44(43-61-64(58,59)63-51-49(56)47(54)46(53)48(55)50(51)57)62-45(52)40-38-36-34-32-30-28-26-24-20-18-16-14-12-10-8-6-4-2/h5,7,11-14,17-20,22-23,27,29,44,46-51,53-57H,3-4,6,8-10,15-16,21,24-26,28,30-43H2,1-2H3,(H,58,59)/b7-5-,13-11-,14-12-,19-17-,20-18-,23-22-,29-27-. The number of aliphatic hydroxyl groups excluding tert-OH is 5. The van der Waals surface area contributed by atoms with E-state index >= 15 is 0 Å². The molecule has 0 saturated heterocycles. The first-order chi connectivity index (χ1) is 31.0. The third-order valence-electron chi connectivity index (χ3n) is 10.8. The molecule has 1 rings (SSSR count). The Labute approximate surface area is 386 Å². The minimum Gasteiger partial charge on any atom is -0.457 e. The number of ether oxygens (including phenoxy) is 2. The number of unbranched alkanes of at least 4 members (excludes halogenated alkanes) is 14. The second kappa shape index (κ2) is 40.8. The van der Waals surface area contributed by atoms with Gasteiger partial charge in [0.15, 0.2) is 0 Å². The Kier molecular flexibility index (Phi) is 37.9. The maximum Gasteiger partial charge on any atom is 0.472 e. The highest BCUT2D eigenvalue weighted by molar-refractivity contribution is 7.47. The van der Waals surface area contributed by atoms with Crippen LogP contribution < -0.4 is 0 Å². The summed E-state index contributed by atoms with van der Waals surface area (Å²) in [6.07, 6.45) is 42.1. The fourth-order valence-electron chi connectivity index (χ4n) is 6.88. The van der Waals surface area contributed by atoms with Gasteiger partial charge in [0.25, 0.3) is 0 Å². The van der Waals surface area contributed by atoms with Crippen LogP contribution in [0.3, 0.4) is 0 Å². The fourth-order valence-corrected chi connectivity index (χ4v) is 7.85. The molecule has 0 heterocycles. The molecule has 0 amide bonds. The Hall–Kier alpha value is -2.48. The molecule has 0 radical (unpaired) electrons. The first-order valence-corrected chi connectivity index (χ1v) is 25.9. The summed E-state index contributed by atoms with van der Waals surface area (Å²) >= 11 is 0. The number of rotatable bonds is 40. The van der Waals surface area contributed by atoms with Crippen molar-refractivity contribution >= 4 is 13.8 Å². The van der Waals surface area contributed by atoms with E-state index in [1.165, 1.54) is 38.5 Å². The maximum absolute atomic E-state index is 12.8. The van der Waals surface area contributed by atoms with Crippen LogP contribution in [0.15, 0.2) is 85.1 Å². The molecule has 0 aliphatic heterocycles. The van der Waals surface area contributed by atoms with Gasteiger partial charge in [-0.15, -0.1) is 0 Å². The Morgan fingerprint density at radius 3 is 1.41 bits per heavy atom. The maximum atomic E-state index is 12.8. The Morgan fingerprint density at radius 2 is 0.922 bits per heavy atom. The zero-order valence-corrected chi connectivity index (χ0v) is 40.2. The molecule has 0 bridgehead atoms. The van der Waals surface area contributed by atoms with Gasteiger partial charge in [0.05, 0.1) is 13.2 Å². The van der Waals surface area contributed by atoms with Crippen LogP contribution in [-0.2, 0) is 27.9 Å². The average molecular weight is 923 g/mol. The van der Waals surface area contributed by atoms with Crippen LogP contribution >= 0.6 is 7.82 Å². The second-order valence-electron chi connectivity index (χ2n) is 16.6. The molecule has 6 unspecified atom stereocenters. The molecule has 0 spiro atoms. The number of aliphatic hydroxyl groups is 5. The van der Waals surface area contributed by atoms with Crippen LogP contribution in [0.25, 0.3) is 0 Å². The number of carbonyl (C=O) groups excluding carboxylic acids is 1. The van der Waals surface area contributed by atoms with E-state index in [-0.39, 0.29) is 13.0 Å². The first-order valence-electron chi connectivity index (χ1n) is 24.4. The Bertz CT molecular complexity index is 1380. The monoisotopic (exact) mass is 923 g/mol. The van der Waals surface area contributed by atoms with Gasteiger partial charge in [-0.3, -0.25) is 13.8 Å². The van der Waals surface area contributed by atoms with Crippen LogP contribution in [0.2, 0.25) is 0 Å². The molecule has 64 heavy (non-hydrogen) atoms. The van der Waals surface area contributed by atoms with E-state index in [4.69, 9.17) is 18.5 Å². The number of carbonyl (C=O) groups is 1. The molecule has 6 atom stereocenters. The highest BCUT2D eigenvalue weighted by Gasteiger charge is 2.51. The number of hydrogen-bond donors (Lipinski definition) is 6. The van der Waals surface area contributed by atoms with Crippen molar-refractivity contribution in [2.75, 3.05) is 19.8 Å². The zero-order chi connectivity index (χ0) is 46.9. The van der Waals surface area contributed by atoms with E-state index < -0.39 is 63.1 Å².